The van der Waals surface area contributed by atoms with E-state index in [1.54, 1.807) is 27.8 Å². The number of nitrogens with one attached hydrogen (secondary N) is 1. The number of aryl methyl sites for hydroxylation is 1. The summed E-state index contributed by atoms with van der Waals surface area (Å²) in [6, 6.07) is 4.81. The smallest absolute Gasteiger partial charge is 0.408 e. The van der Waals surface area contributed by atoms with Crippen LogP contribution >= 0.6 is 0 Å². The fourth-order valence-corrected chi connectivity index (χ4v) is 2.23. The first-order valence-electron chi connectivity index (χ1n) is 7.18. The summed E-state index contributed by atoms with van der Waals surface area (Å²) < 4.78 is 10.9. The third-order valence-corrected chi connectivity index (χ3v) is 3.27. The zero-order valence-corrected chi connectivity index (χ0v) is 13.6. The number of anilines is 1. The molecular weight excluding hydrogens is 284 g/mol. The minimum atomic E-state index is -0.786. The second-order valence-corrected chi connectivity index (χ2v) is 6.33. The molecule has 0 spiro atoms. The number of para-hydroxylation sites is 1. The van der Waals surface area contributed by atoms with E-state index in [1.807, 2.05) is 25.1 Å². The number of likely N-dealkylation sites (N-methyl/N-ethyl adjacent to an activating group) is 1. The van der Waals surface area contributed by atoms with Gasteiger partial charge in [-0.1, -0.05) is 12.1 Å². The Bertz CT molecular complexity index is 592. The lowest BCUT2D eigenvalue weighted by molar-refractivity contribution is -0.120. The van der Waals surface area contributed by atoms with Crippen molar-refractivity contribution in [3.05, 3.63) is 23.8 Å². The van der Waals surface area contributed by atoms with Crippen LogP contribution in [0.15, 0.2) is 18.2 Å². The summed E-state index contributed by atoms with van der Waals surface area (Å²) in [6.45, 7) is 7.29. The third-order valence-electron chi connectivity index (χ3n) is 3.27. The van der Waals surface area contributed by atoms with E-state index in [0.29, 0.717) is 11.4 Å². The van der Waals surface area contributed by atoms with Gasteiger partial charge in [0.1, 0.15) is 24.0 Å². The molecule has 1 aromatic rings. The molecule has 0 saturated heterocycles. The van der Waals surface area contributed by atoms with Crippen molar-refractivity contribution in [2.24, 2.45) is 0 Å². The second kappa shape index (κ2) is 5.87. The van der Waals surface area contributed by atoms with Gasteiger partial charge in [0.15, 0.2) is 0 Å². The van der Waals surface area contributed by atoms with Gasteiger partial charge in [-0.05, 0) is 39.3 Å². The first-order chi connectivity index (χ1) is 10.2. The first kappa shape index (κ1) is 16.1. The topological polar surface area (TPSA) is 67.9 Å². The molecular formula is C16H22N2O4. The molecule has 1 aliphatic rings. The van der Waals surface area contributed by atoms with Gasteiger partial charge in [-0.25, -0.2) is 4.79 Å². The highest BCUT2D eigenvalue weighted by Crippen LogP contribution is 2.33. The van der Waals surface area contributed by atoms with Gasteiger partial charge in [-0.3, -0.25) is 4.79 Å². The van der Waals surface area contributed by atoms with Crippen LogP contribution < -0.4 is 15.0 Å². The molecule has 0 fully saturated rings. The number of amides is 2. The summed E-state index contributed by atoms with van der Waals surface area (Å²) in [7, 11) is 1.67. The number of ether oxygens (including phenoxy) is 2. The van der Waals surface area contributed by atoms with Crippen molar-refractivity contribution in [3.63, 3.8) is 0 Å². The van der Waals surface area contributed by atoms with Gasteiger partial charge >= 0.3 is 6.09 Å². The molecule has 0 bridgehead atoms. The Morgan fingerprint density at radius 3 is 2.73 bits per heavy atom. The molecule has 0 aliphatic carbocycles. The van der Waals surface area contributed by atoms with E-state index in [-0.39, 0.29) is 12.5 Å². The maximum Gasteiger partial charge on any atom is 0.408 e. The Morgan fingerprint density at radius 1 is 1.41 bits per heavy atom. The molecule has 1 aliphatic heterocycles. The van der Waals surface area contributed by atoms with Crippen LogP contribution in [0.2, 0.25) is 0 Å². The summed E-state index contributed by atoms with van der Waals surface area (Å²) in [5.41, 5.74) is 1.01. The Balaban J connectivity index is 2.16. The fraction of sp³-hybridized carbons (Fsp3) is 0.500. The minimum absolute atomic E-state index is 0.0697. The van der Waals surface area contributed by atoms with Crippen LogP contribution in [0.25, 0.3) is 0 Å². The molecule has 2 amide bonds. The van der Waals surface area contributed by atoms with Crippen LogP contribution in [0.4, 0.5) is 10.5 Å². The number of carbonyl (C=O) groups excluding carboxylic acids is 2. The Morgan fingerprint density at radius 2 is 2.09 bits per heavy atom. The van der Waals surface area contributed by atoms with Crippen molar-refractivity contribution >= 4 is 17.7 Å². The molecule has 120 valence electrons. The molecule has 0 radical (unpaired) electrons. The standard InChI is InChI=1S/C16H22N2O4/c1-10-7-6-8-12-13(10)21-9-11(14(19)18(12)5)17-15(20)22-16(2,3)4/h6-8,11H,9H2,1-5H3,(H,17,20). The number of hydrogen-bond donors (Lipinski definition) is 1. The molecule has 1 atom stereocenters. The van der Waals surface area contributed by atoms with Crippen LogP contribution in [-0.2, 0) is 9.53 Å². The summed E-state index contributed by atoms with van der Waals surface area (Å²) >= 11 is 0. The summed E-state index contributed by atoms with van der Waals surface area (Å²) in [4.78, 5) is 25.9. The highest BCUT2D eigenvalue weighted by atomic mass is 16.6. The lowest BCUT2D eigenvalue weighted by Crippen LogP contribution is -2.50. The number of hydrogen-bond acceptors (Lipinski definition) is 4. The van der Waals surface area contributed by atoms with E-state index in [4.69, 9.17) is 9.47 Å². The van der Waals surface area contributed by atoms with E-state index in [0.717, 1.165) is 5.56 Å². The summed E-state index contributed by atoms with van der Waals surface area (Å²) in [5, 5.41) is 2.57. The predicted octanol–water partition coefficient (Wildman–Crippen LogP) is 2.24. The van der Waals surface area contributed by atoms with E-state index >= 15 is 0 Å². The van der Waals surface area contributed by atoms with Gasteiger partial charge in [0.25, 0.3) is 5.91 Å². The monoisotopic (exact) mass is 306 g/mol. The highest BCUT2D eigenvalue weighted by molar-refractivity contribution is 6.00. The van der Waals surface area contributed by atoms with Crippen molar-refractivity contribution in [2.45, 2.75) is 39.3 Å². The summed E-state index contributed by atoms with van der Waals surface area (Å²) in [6.07, 6.45) is -0.634. The molecule has 2 rings (SSSR count). The van der Waals surface area contributed by atoms with Crippen molar-refractivity contribution in [3.8, 4) is 5.75 Å². The fourth-order valence-electron chi connectivity index (χ4n) is 2.23. The molecule has 1 heterocycles. The SMILES string of the molecule is Cc1cccc2c1OCC(NC(=O)OC(C)(C)C)C(=O)N2C. The van der Waals surface area contributed by atoms with Gasteiger partial charge in [0, 0.05) is 7.05 Å². The van der Waals surface area contributed by atoms with E-state index in [9.17, 15) is 9.59 Å². The lowest BCUT2D eigenvalue weighted by Gasteiger charge is -2.23. The second-order valence-electron chi connectivity index (χ2n) is 6.33. The maximum atomic E-state index is 12.5. The minimum Gasteiger partial charge on any atom is -0.488 e. The van der Waals surface area contributed by atoms with E-state index < -0.39 is 17.7 Å². The van der Waals surface area contributed by atoms with Gasteiger partial charge in [0.2, 0.25) is 0 Å². The Hall–Kier alpha value is -2.24. The first-order valence-corrected chi connectivity index (χ1v) is 7.18. The van der Waals surface area contributed by atoms with Crippen LogP contribution in [-0.4, -0.2) is 37.3 Å². The van der Waals surface area contributed by atoms with Crippen molar-refractivity contribution in [1.29, 1.82) is 0 Å². The Kier molecular flexibility index (Phi) is 4.30. The number of benzene rings is 1. The van der Waals surface area contributed by atoms with Crippen molar-refractivity contribution in [2.75, 3.05) is 18.6 Å². The number of rotatable bonds is 1. The third kappa shape index (κ3) is 3.50. The molecule has 1 N–H and O–H groups in total. The zero-order valence-electron chi connectivity index (χ0n) is 13.6. The molecule has 6 nitrogen and oxygen atoms in total. The van der Waals surface area contributed by atoms with E-state index in [1.165, 1.54) is 4.90 Å². The van der Waals surface area contributed by atoms with Gasteiger partial charge in [-0.15, -0.1) is 0 Å². The molecule has 1 unspecified atom stereocenters. The maximum absolute atomic E-state index is 12.5. The van der Waals surface area contributed by atoms with Gasteiger partial charge < -0.3 is 19.7 Å². The number of alkyl carbamates (subject to hydrolysis) is 1. The highest BCUT2D eigenvalue weighted by Gasteiger charge is 2.32. The van der Waals surface area contributed by atoms with Crippen LogP contribution in [0.5, 0.6) is 5.75 Å². The number of fused-ring (bicyclic) bond motifs is 1. The molecule has 0 aromatic heterocycles. The molecule has 6 heteroatoms. The molecule has 22 heavy (non-hydrogen) atoms. The van der Waals surface area contributed by atoms with E-state index in [2.05, 4.69) is 5.32 Å². The van der Waals surface area contributed by atoms with Crippen LogP contribution in [0.3, 0.4) is 0 Å². The van der Waals surface area contributed by atoms with Gasteiger partial charge in [0.05, 0.1) is 5.69 Å². The quantitative estimate of drug-likeness (QED) is 0.864. The number of nitrogens with zero attached hydrogens (tertiary/aromatic N) is 1. The molecule has 1 aromatic carbocycles. The summed E-state index contributed by atoms with van der Waals surface area (Å²) in [5.74, 6) is 0.419. The zero-order chi connectivity index (χ0) is 16.5. The van der Waals surface area contributed by atoms with Crippen molar-refractivity contribution < 1.29 is 19.1 Å². The van der Waals surface area contributed by atoms with Crippen LogP contribution in [0, 0.1) is 6.92 Å². The predicted molar refractivity (Wildman–Crippen MR) is 83.2 cm³/mol. The number of carbonyl (C=O) groups is 2. The van der Waals surface area contributed by atoms with Gasteiger partial charge in [-0.2, -0.15) is 0 Å². The van der Waals surface area contributed by atoms with Crippen LogP contribution in [0.1, 0.15) is 26.3 Å². The molecule has 0 saturated carbocycles. The lowest BCUT2D eigenvalue weighted by atomic mass is 10.2. The van der Waals surface area contributed by atoms with Crippen molar-refractivity contribution in [1.82, 2.24) is 5.32 Å². The average Bonchev–Trinajstić information content (AvgIpc) is 2.50. The largest absolute Gasteiger partial charge is 0.488 e. The normalized spacial score (nSPS) is 18.1. The average molecular weight is 306 g/mol. The Labute approximate surface area is 130 Å².